The van der Waals surface area contributed by atoms with Crippen LogP contribution in [0.25, 0.3) is 11.0 Å². The fraction of sp³-hybridized carbons (Fsp3) is 0.391. The van der Waals surface area contributed by atoms with E-state index in [-0.39, 0.29) is 23.2 Å². The van der Waals surface area contributed by atoms with Crippen LogP contribution in [-0.4, -0.2) is 75.6 Å². The number of piperazine rings is 1. The molecule has 2 N–H and O–H groups in total. The molecule has 38 heavy (non-hydrogen) atoms. The molecule has 1 atom stereocenters. The Morgan fingerprint density at radius 2 is 1.97 bits per heavy atom. The van der Waals surface area contributed by atoms with Crippen molar-refractivity contribution in [1.29, 1.82) is 0 Å². The van der Waals surface area contributed by atoms with Crippen LogP contribution in [0.2, 0.25) is 0 Å². The molecule has 1 unspecified atom stereocenters. The van der Waals surface area contributed by atoms with Crippen molar-refractivity contribution < 1.29 is 22.8 Å². The van der Waals surface area contributed by atoms with Gasteiger partial charge in [-0.3, -0.25) is 14.3 Å². The van der Waals surface area contributed by atoms with E-state index in [0.29, 0.717) is 36.9 Å². The van der Waals surface area contributed by atoms with Crippen molar-refractivity contribution >= 4 is 40.3 Å². The van der Waals surface area contributed by atoms with Gasteiger partial charge in [0.15, 0.2) is 28.1 Å². The van der Waals surface area contributed by atoms with E-state index in [1.54, 1.807) is 6.92 Å². The number of aromatic amines is 1. The molecular formula is C23H23F3N8O3S. The number of H-pyrrole nitrogens is 1. The normalized spacial score (nSPS) is 17.9. The molecule has 5 rings (SSSR count). The summed E-state index contributed by atoms with van der Waals surface area (Å²) in [5, 5.41) is 4.52. The summed E-state index contributed by atoms with van der Waals surface area (Å²) in [7, 11) is 1.51. The van der Waals surface area contributed by atoms with Crippen molar-refractivity contribution in [3.8, 4) is 11.8 Å². The van der Waals surface area contributed by atoms with E-state index in [2.05, 4.69) is 32.1 Å². The van der Waals surface area contributed by atoms with Gasteiger partial charge in [-0.1, -0.05) is 18.1 Å². The quantitative estimate of drug-likeness (QED) is 0.361. The summed E-state index contributed by atoms with van der Waals surface area (Å²) in [6.07, 6.45) is -6.30. The Kier molecular flexibility index (Phi) is 6.95. The number of nitrogens with zero attached hydrogens (tertiary/aromatic N) is 6. The van der Waals surface area contributed by atoms with Gasteiger partial charge in [-0.25, -0.2) is 14.8 Å². The minimum Gasteiger partial charge on any atom is -0.333 e. The molecule has 0 spiro atoms. The minimum atomic E-state index is -5.25. The Balaban J connectivity index is 1.62. The van der Waals surface area contributed by atoms with Crippen molar-refractivity contribution in [2.24, 2.45) is 7.05 Å². The first-order chi connectivity index (χ1) is 18.2. The first-order valence-corrected chi connectivity index (χ1v) is 12.4. The van der Waals surface area contributed by atoms with Gasteiger partial charge in [-0.2, -0.15) is 13.2 Å². The van der Waals surface area contributed by atoms with Gasteiger partial charge in [-0.15, -0.1) is 11.0 Å². The Morgan fingerprint density at radius 1 is 1.24 bits per heavy atom. The van der Waals surface area contributed by atoms with Gasteiger partial charge in [0.25, 0.3) is 5.56 Å². The summed E-state index contributed by atoms with van der Waals surface area (Å²) in [4.78, 5) is 46.0. The van der Waals surface area contributed by atoms with Crippen LogP contribution in [0.5, 0.6) is 0 Å². The van der Waals surface area contributed by atoms with Crippen molar-refractivity contribution in [3.05, 3.63) is 34.6 Å². The number of nitrogens with one attached hydrogen (secondary N) is 2. The van der Waals surface area contributed by atoms with E-state index in [1.165, 1.54) is 16.5 Å². The molecule has 1 aromatic carbocycles. The van der Waals surface area contributed by atoms with Gasteiger partial charge in [-0.05, 0) is 30.8 Å². The number of carbonyl (C=O) groups excluding carboxylic acids is 1. The molecule has 0 aliphatic carbocycles. The molecule has 0 saturated carbocycles. The van der Waals surface area contributed by atoms with Crippen LogP contribution in [0.15, 0.2) is 39.4 Å². The number of hydrogen-bond donors (Lipinski definition) is 2. The van der Waals surface area contributed by atoms with Gasteiger partial charge in [0, 0.05) is 33.2 Å². The van der Waals surface area contributed by atoms with E-state index in [4.69, 9.17) is 4.84 Å². The van der Waals surface area contributed by atoms with Crippen LogP contribution in [0, 0.1) is 11.8 Å². The topological polar surface area (TPSA) is 112 Å². The van der Waals surface area contributed by atoms with Gasteiger partial charge in [0.2, 0.25) is 0 Å². The van der Waals surface area contributed by atoms with Gasteiger partial charge in [0.1, 0.15) is 0 Å². The highest BCUT2D eigenvalue weighted by Crippen LogP contribution is 2.39. The Morgan fingerprint density at radius 3 is 2.66 bits per heavy atom. The van der Waals surface area contributed by atoms with Crippen molar-refractivity contribution in [2.75, 3.05) is 42.7 Å². The van der Waals surface area contributed by atoms with Crippen LogP contribution < -0.4 is 20.8 Å². The summed E-state index contributed by atoms with van der Waals surface area (Å²) in [6, 6.07) is 7.33. The number of halogens is 3. The second-order valence-electron chi connectivity index (χ2n) is 8.48. The third kappa shape index (κ3) is 4.77. The molecule has 0 bridgehead atoms. The molecule has 2 aliphatic rings. The second-order valence-corrected chi connectivity index (χ2v) is 9.44. The number of aromatic nitrogens is 4. The first-order valence-electron chi connectivity index (χ1n) is 11.6. The van der Waals surface area contributed by atoms with Crippen molar-refractivity contribution in [3.63, 3.8) is 0 Å². The summed E-state index contributed by atoms with van der Waals surface area (Å²) in [6.45, 7) is 3.58. The molecule has 1 fully saturated rings. The number of hydroxylamine groups is 1. The number of imidazole rings is 1. The average molecular weight is 549 g/mol. The molecular weight excluding hydrogens is 525 g/mol. The van der Waals surface area contributed by atoms with Gasteiger partial charge < -0.3 is 20.0 Å². The number of benzene rings is 1. The predicted octanol–water partition coefficient (Wildman–Crippen LogP) is 1.67. The highest BCUT2D eigenvalue weighted by molar-refractivity contribution is 7.99. The zero-order valence-corrected chi connectivity index (χ0v) is 21.2. The average Bonchev–Trinajstić information content (AvgIpc) is 3.44. The maximum absolute atomic E-state index is 13.6. The maximum Gasteiger partial charge on any atom is 0.493 e. The number of carbonyl (C=O) groups is 1. The Bertz CT molecular complexity index is 1460. The van der Waals surface area contributed by atoms with Crippen LogP contribution in [0.3, 0.4) is 0 Å². The molecule has 4 heterocycles. The number of anilines is 2. The molecule has 2 aromatic heterocycles. The lowest BCUT2D eigenvalue weighted by atomic mass is 10.3. The van der Waals surface area contributed by atoms with Gasteiger partial charge in [0.05, 0.1) is 17.6 Å². The molecule has 15 heteroatoms. The lowest BCUT2D eigenvalue weighted by Crippen LogP contribution is -2.61. The predicted molar refractivity (Wildman–Crippen MR) is 133 cm³/mol. The van der Waals surface area contributed by atoms with Crippen LogP contribution in [0.4, 0.5) is 24.7 Å². The number of rotatable bonds is 5. The first kappa shape index (κ1) is 25.9. The smallest absolute Gasteiger partial charge is 0.333 e. The van der Waals surface area contributed by atoms with Crippen LogP contribution in [-0.2, 0) is 16.7 Å². The SMILES string of the molecule is CC#CCN1c2c(nc(Sc3nc4ccccc4[nH]3)n(C)c2=O)N(OC(=O)C(F)(F)F)C1N1CCNCC1. The lowest BCUT2D eigenvalue weighted by molar-refractivity contribution is -0.203. The van der Waals surface area contributed by atoms with E-state index in [0.717, 1.165) is 22.3 Å². The standard InChI is InChI=1S/C23H23F3N8O3S/c1-3-4-11-33-16-17(34(37-19(36)23(24,25)26)22(33)32-12-9-27-10-13-32)30-21(31(2)18(16)35)38-20-28-14-7-5-6-8-15(14)29-20/h5-8,22,27H,9-13H2,1-2H3,(H,28,29). The van der Waals surface area contributed by atoms with Crippen molar-refractivity contribution in [2.45, 2.75) is 29.7 Å². The number of alkyl halides is 3. The second kappa shape index (κ2) is 10.2. The molecule has 0 amide bonds. The summed E-state index contributed by atoms with van der Waals surface area (Å²) < 4.78 is 41.2. The Hall–Kier alpha value is -3.74. The summed E-state index contributed by atoms with van der Waals surface area (Å²) >= 11 is 1.03. The molecule has 2 aliphatic heterocycles. The van der Waals surface area contributed by atoms with E-state index >= 15 is 0 Å². The molecule has 1 saturated heterocycles. The fourth-order valence-electron chi connectivity index (χ4n) is 4.29. The summed E-state index contributed by atoms with van der Waals surface area (Å²) in [5.74, 6) is 2.99. The lowest BCUT2D eigenvalue weighted by Gasteiger charge is -2.40. The largest absolute Gasteiger partial charge is 0.493 e. The highest BCUT2D eigenvalue weighted by Gasteiger charge is 2.50. The van der Waals surface area contributed by atoms with E-state index < -0.39 is 24.0 Å². The zero-order valence-electron chi connectivity index (χ0n) is 20.4. The molecule has 11 nitrogen and oxygen atoms in total. The molecule has 0 radical (unpaired) electrons. The molecule has 200 valence electrons. The van der Waals surface area contributed by atoms with E-state index in [9.17, 15) is 22.8 Å². The minimum absolute atomic E-state index is 0.00511. The monoisotopic (exact) mass is 548 g/mol. The third-order valence-electron chi connectivity index (χ3n) is 6.06. The molecule has 3 aromatic rings. The summed E-state index contributed by atoms with van der Waals surface area (Å²) in [5.41, 5.74) is 0.926. The van der Waals surface area contributed by atoms with Gasteiger partial charge >= 0.3 is 12.1 Å². The number of para-hydroxylation sites is 2. The van der Waals surface area contributed by atoms with Crippen LogP contribution in [0.1, 0.15) is 6.92 Å². The fourth-order valence-corrected chi connectivity index (χ4v) is 5.12. The number of hydrogen-bond acceptors (Lipinski definition) is 10. The Labute approximate surface area is 218 Å². The highest BCUT2D eigenvalue weighted by atomic mass is 32.2. The number of fused-ring (bicyclic) bond motifs is 2. The van der Waals surface area contributed by atoms with Crippen LogP contribution >= 0.6 is 11.8 Å². The van der Waals surface area contributed by atoms with E-state index in [1.807, 2.05) is 29.2 Å². The maximum atomic E-state index is 13.6. The van der Waals surface area contributed by atoms with Crippen molar-refractivity contribution in [1.82, 2.24) is 29.7 Å². The third-order valence-corrected chi connectivity index (χ3v) is 7.00. The zero-order chi connectivity index (χ0) is 27.0.